The topological polar surface area (TPSA) is 54.0 Å². The third-order valence-electron chi connectivity index (χ3n) is 1.55. The molecule has 0 radical (unpaired) electrons. The molecule has 2 N–H and O–H groups in total. The summed E-state index contributed by atoms with van der Waals surface area (Å²) in [4.78, 5) is 15.1. The molecule has 14 heavy (non-hydrogen) atoms. The summed E-state index contributed by atoms with van der Waals surface area (Å²) < 4.78 is 0. The van der Waals surface area contributed by atoms with E-state index in [9.17, 15) is 4.79 Å². The summed E-state index contributed by atoms with van der Waals surface area (Å²) in [5.74, 6) is -0.0871. The fourth-order valence-electron chi connectivity index (χ4n) is 0.893. The largest absolute Gasteiger partial charge is 0.324 e. The maximum absolute atomic E-state index is 11.2. The number of pyridine rings is 1. The maximum atomic E-state index is 11.2. The van der Waals surface area contributed by atoms with E-state index in [1.54, 1.807) is 12.1 Å². The predicted octanol–water partition coefficient (Wildman–Crippen LogP) is 1.28. The van der Waals surface area contributed by atoms with E-state index in [0.717, 1.165) is 6.54 Å². The van der Waals surface area contributed by atoms with Gasteiger partial charge in [0.25, 0.3) is 0 Å². The Bertz CT molecular complexity index is 299. The molecular weight excluding hydrogens is 202 g/mol. The predicted molar refractivity (Wildman–Crippen MR) is 56.4 cm³/mol. The Morgan fingerprint density at radius 2 is 2.36 bits per heavy atom. The summed E-state index contributed by atoms with van der Waals surface area (Å²) in [6.07, 6.45) is 1.52. The third-order valence-corrected chi connectivity index (χ3v) is 1.77. The van der Waals surface area contributed by atoms with Crippen molar-refractivity contribution in [2.75, 3.05) is 18.4 Å². The Kier molecular flexibility index (Phi) is 4.35. The summed E-state index contributed by atoms with van der Waals surface area (Å²) >= 11 is 5.60. The summed E-state index contributed by atoms with van der Waals surface area (Å²) in [6.45, 7) is 3.02. The van der Waals surface area contributed by atoms with Gasteiger partial charge in [-0.3, -0.25) is 4.79 Å². The molecule has 0 aliphatic rings. The minimum Gasteiger partial charge on any atom is -0.324 e. The molecule has 0 unspecified atom stereocenters. The summed E-state index contributed by atoms with van der Waals surface area (Å²) in [6, 6.07) is 3.34. The molecule has 0 bridgehead atoms. The number of aromatic nitrogens is 1. The molecule has 0 spiro atoms. The van der Waals surface area contributed by atoms with Gasteiger partial charge >= 0.3 is 0 Å². The van der Waals surface area contributed by atoms with Crippen LogP contribution in [-0.4, -0.2) is 24.0 Å². The lowest BCUT2D eigenvalue weighted by molar-refractivity contribution is -0.115. The first-order valence-electron chi connectivity index (χ1n) is 4.34. The van der Waals surface area contributed by atoms with E-state index < -0.39 is 0 Å². The third kappa shape index (κ3) is 3.72. The van der Waals surface area contributed by atoms with Crippen LogP contribution >= 0.6 is 11.6 Å². The zero-order chi connectivity index (χ0) is 10.4. The Balaban J connectivity index is 2.44. The average Bonchev–Trinajstić information content (AvgIpc) is 2.18. The second kappa shape index (κ2) is 5.57. The Hall–Kier alpha value is -1.13. The van der Waals surface area contributed by atoms with Crippen LogP contribution in [0.25, 0.3) is 0 Å². The summed E-state index contributed by atoms with van der Waals surface area (Å²) in [7, 11) is 0. The molecule has 0 fully saturated rings. The van der Waals surface area contributed by atoms with Crippen molar-refractivity contribution in [1.29, 1.82) is 0 Å². The van der Waals surface area contributed by atoms with Gasteiger partial charge in [0.1, 0.15) is 5.15 Å². The van der Waals surface area contributed by atoms with Crippen LogP contribution in [0.2, 0.25) is 5.15 Å². The number of nitrogens with zero attached hydrogens (tertiary/aromatic N) is 1. The zero-order valence-electron chi connectivity index (χ0n) is 7.88. The second-order valence-corrected chi connectivity index (χ2v) is 3.09. The molecule has 1 aromatic heterocycles. The Morgan fingerprint density at radius 3 is 2.93 bits per heavy atom. The van der Waals surface area contributed by atoms with Crippen molar-refractivity contribution in [2.45, 2.75) is 6.92 Å². The van der Waals surface area contributed by atoms with Gasteiger partial charge in [0.2, 0.25) is 5.91 Å². The average molecular weight is 214 g/mol. The standard InChI is InChI=1S/C9H12ClN3O/c1-2-11-6-9(14)13-7-3-4-8(10)12-5-7/h3-5,11H,2,6H2,1H3,(H,13,14). The fourth-order valence-corrected chi connectivity index (χ4v) is 1.01. The molecule has 1 heterocycles. The first kappa shape index (κ1) is 10.9. The molecule has 1 aromatic rings. The Labute approximate surface area is 87.7 Å². The van der Waals surface area contributed by atoms with Crippen LogP contribution in [0.1, 0.15) is 6.92 Å². The highest BCUT2D eigenvalue weighted by atomic mass is 35.5. The van der Waals surface area contributed by atoms with Crippen molar-refractivity contribution in [3.8, 4) is 0 Å². The molecule has 1 amide bonds. The van der Waals surface area contributed by atoms with Crippen molar-refractivity contribution in [3.63, 3.8) is 0 Å². The number of halogens is 1. The highest BCUT2D eigenvalue weighted by molar-refractivity contribution is 6.29. The fraction of sp³-hybridized carbons (Fsp3) is 0.333. The number of amides is 1. The van der Waals surface area contributed by atoms with Crippen LogP contribution in [0.5, 0.6) is 0 Å². The van der Waals surface area contributed by atoms with Crippen molar-refractivity contribution in [3.05, 3.63) is 23.5 Å². The van der Waals surface area contributed by atoms with E-state index in [4.69, 9.17) is 11.6 Å². The lowest BCUT2D eigenvalue weighted by Gasteiger charge is -2.04. The van der Waals surface area contributed by atoms with Crippen LogP contribution in [0.3, 0.4) is 0 Å². The van der Waals surface area contributed by atoms with Crippen molar-refractivity contribution in [2.24, 2.45) is 0 Å². The highest BCUT2D eigenvalue weighted by Gasteiger charge is 2.00. The van der Waals surface area contributed by atoms with Gasteiger partial charge in [0.15, 0.2) is 0 Å². The van der Waals surface area contributed by atoms with Crippen molar-refractivity contribution < 1.29 is 4.79 Å². The van der Waals surface area contributed by atoms with E-state index in [0.29, 0.717) is 17.4 Å². The first-order chi connectivity index (χ1) is 6.72. The smallest absolute Gasteiger partial charge is 0.238 e. The van der Waals surface area contributed by atoms with Crippen LogP contribution < -0.4 is 10.6 Å². The minimum absolute atomic E-state index is 0.0871. The van der Waals surface area contributed by atoms with Gasteiger partial charge < -0.3 is 10.6 Å². The highest BCUT2D eigenvalue weighted by Crippen LogP contribution is 2.08. The molecule has 4 nitrogen and oxygen atoms in total. The number of hydrogen-bond acceptors (Lipinski definition) is 3. The first-order valence-corrected chi connectivity index (χ1v) is 4.72. The molecule has 0 saturated carbocycles. The van der Waals surface area contributed by atoms with Crippen LogP contribution in [0, 0.1) is 0 Å². The molecule has 0 aliphatic carbocycles. The van der Waals surface area contributed by atoms with Gasteiger partial charge in [-0.15, -0.1) is 0 Å². The quantitative estimate of drug-likeness (QED) is 0.741. The monoisotopic (exact) mass is 213 g/mol. The zero-order valence-corrected chi connectivity index (χ0v) is 8.64. The van der Waals surface area contributed by atoms with E-state index in [1.807, 2.05) is 6.92 Å². The molecule has 5 heteroatoms. The molecule has 0 saturated heterocycles. The van der Waals surface area contributed by atoms with Crippen molar-refractivity contribution in [1.82, 2.24) is 10.3 Å². The van der Waals surface area contributed by atoms with Crippen LogP contribution in [0.4, 0.5) is 5.69 Å². The number of rotatable bonds is 4. The second-order valence-electron chi connectivity index (χ2n) is 2.70. The number of nitrogens with one attached hydrogen (secondary N) is 2. The molecule has 0 aromatic carbocycles. The number of anilines is 1. The van der Waals surface area contributed by atoms with E-state index in [2.05, 4.69) is 15.6 Å². The van der Waals surface area contributed by atoms with E-state index in [1.165, 1.54) is 6.20 Å². The summed E-state index contributed by atoms with van der Waals surface area (Å²) in [5, 5.41) is 6.01. The van der Waals surface area contributed by atoms with Crippen LogP contribution in [-0.2, 0) is 4.79 Å². The van der Waals surface area contributed by atoms with E-state index in [-0.39, 0.29) is 5.91 Å². The lowest BCUT2D eigenvalue weighted by Crippen LogP contribution is -2.27. The van der Waals surface area contributed by atoms with Crippen LogP contribution in [0.15, 0.2) is 18.3 Å². The number of carbonyl (C=O) groups is 1. The van der Waals surface area contributed by atoms with Gasteiger partial charge in [0.05, 0.1) is 18.4 Å². The van der Waals surface area contributed by atoms with Gasteiger partial charge in [-0.2, -0.15) is 0 Å². The molecule has 0 aliphatic heterocycles. The lowest BCUT2D eigenvalue weighted by atomic mass is 10.4. The van der Waals surface area contributed by atoms with E-state index >= 15 is 0 Å². The molecule has 1 rings (SSSR count). The Morgan fingerprint density at radius 1 is 1.57 bits per heavy atom. The molecular formula is C9H12ClN3O. The van der Waals surface area contributed by atoms with Gasteiger partial charge in [0, 0.05) is 0 Å². The normalized spacial score (nSPS) is 9.86. The van der Waals surface area contributed by atoms with Gasteiger partial charge in [-0.25, -0.2) is 4.98 Å². The van der Waals surface area contributed by atoms with Crippen molar-refractivity contribution >= 4 is 23.2 Å². The number of carbonyl (C=O) groups excluding carboxylic acids is 1. The number of hydrogen-bond donors (Lipinski definition) is 2. The number of likely N-dealkylation sites (N-methyl/N-ethyl adjacent to an activating group) is 1. The SMILES string of the molecule is CCNCC(=O)Nc1ccc(Cl)nc1. The minimum atomic E-state index is -0.0871. The maximum Gasteiger partial charge on any atom is 0.238 e. The summed E-state index contributed by atoms with van der Waals surface area (Å²) in [5.41, 5.74) is 0.650. The molecule has 76 valence electrons. The molecule has 0 atom stereocenters. The van der Waals surface area contributed by atoms with Gasteiger partial charge in [-0.05, 0) is 18.7 Å². The van der Waals surface area contributed by atoms with Gasteiger partial charge in [-0.1, -0.05) is 18.5 Å².